The summed E-state index contributed by atoms with van der Waals surface area (Å²) in [7, 11) is 0. The maximum absolute atomic E-state index is 14.4. The van der Waals surface area contributed by atoms with Crippen LogP contribution in [0.1, 0.15) is 42.4 Å². The molecule has 0 unspecified atom stereocenters. The number of carbonyl (C=O) groups excluding carboxylic acids is 1. The smallest absolute Gasteiger partial charge is 0.163 e. The number of alkyl halides is 1. The Hall–Kier alpha value is -2.75. The Morgan fingerprint density at radius 3 is 2.62 bits per heavy atom. The number of ketones is 1. The Kier molecular flexibility index (Phi) is 3.47. The molecular weight excluding hydrogens is 273 g/mol. The maximum Gasteiger partial charge on any atom is 0.163 e. The standard InChI is InChI=1S/C14H14FN5O/c1-8(21)10-7-18-20(12(10)14(2,3)15)11-5-4-9(6-16)13(17)19-11/h4-5,7H,1-3H3,(H2,17,19). The van der Waals surface area contributed by atoms with E-state index in [4.69, 9.17) is 11.0 Å². The minimum atomic E-state index is -1.79. The maximum atomic E-state index is 14.4. The van der Waals surface area contributed by atoms with E-state index in [9.17, 15) is 9.18 Å². The molecule has 0 atom stereocenters. The van der Waals surface area contributed by atoms with Crippen LogP contribution in [0.25, 0.3) is 5.82 Å². The van der Waals surface area contributed by atoms with Crippen molar-refractivity contribution in [1.29, 1.82) is 5.26 Å². The van der Waals surface area contributed by atoms with Crippen LogP contribution in [0.3, 0.4) is 0 Å². The zero-order valence-electron chi connectivity index (χ0n) is 11.9. The fourth-order valence-electron chi connectivity index (χ4n) is 2.03. The number of nitrogens with two attached hydrogens (primary N) is 1. The lowest BCUT2D eigenvalue weighted by Crippen LogP contribution is -2.20. The summed E-state index contributed by atoms with van der Waals surface area (Å²) in [6.45, 7) is 4.01. The van der Waals surface area contributed by atoms with Gasteiger partial charge in [-0.05, 0) is 32.9 Å². The quantitative estimate of drug-likeness (QED) is 0.872. The van der Waals surface area contributed by atoms with E-state index in [0.29, 0.717) is 0 Å². The Bertz CT molecular complexity index is 752. The Labute approximate surface area is 121 Å². The number of halogens is 1. The summed E-state index contributed by atoms with van der Waals surface area (Å²) in [4.78, 5) is 15.7. The van der Waals surface area contributed by atoms with Crippen LogP contribution in [0.5, 0.6) is 0 Å². The highest BCUT2D eigenvalue weighted by atomic mass is 19.1. The van der Waals surface area contributed by atoms with Crippen LogP contribution in [0.4, 0.5) is 10.2 Å². The molecule has 0 aliphatic heterocycles. The van der Waals surface area contributed by atoms with Gasteiger partial charge in [-0.2, -0.15) is 10.4 Å². The summed E-state index contributed by atoms with van der Waals surface area (Å²) in [6.07, 6.45) is 1.30. The number of hydrogen-bond acceptors (Lipinski definition) is 5. The molecule has 2 aromatic heterocycles. The van der Waals surface area contributed by atoms with Gasteiger partial charge in [-0.1, -0.05) is 0 Å². The first-order chi connectivity index (χ1) is 9.75. The van der Waals surface area contributed by atoms with Gasteiger partial charge in [-0.15, -0.1) is 0 Å². The van der Waals surface area contributed by atoms with Crippen molar-refractivity contribution in [2.75, 3.05) is 5.73 Å². The van der Waals surface area contributed by atoms with Gasteiger partial charge < -0.3 is 5.73 Å². The van der Waals surface area contributed by atoms with Gasteiger partial charge in [-0.25, -0.2) is 14.1 Å². The van der Waals surface area contributed by atoms with Crippen molar-refractivity contribution < 1.29 is 9.18 Å². The molecule has 2 rings (SSSR count). The highest BCUT2D eigenvalue weighted by Gasteiger charge is 2.30. The summed E-state index contributed by atoms with van der Waals surface area (Å²) >= 11 is 0. The number of hydrogen-bond donors (Lipinski definition) is 1. The number of rotatable bonds is 3. The molecule has 0 amide bonds. The number of Topliss-reactive ketones (excluding diaryl/α,β-unsaturated/α-hetero) is 1. The van der Waals surface area contributed by atoms with Crippen molar-refractivity contribution in [3.63, 3.8) is 0 Å². The molecule has 0 radical (unpaired) electrons. The Morgan fingerprint density at radius 1 is 1.48 bits per heavy atom. The lowest BCUT2D eigenvalue weighted by molar-refractivity contribution is 0.101. The molecule has 0 bridgehead atoms. The van der Waals surface area contributed by atoms with Crippen molar-refractivity contribution in [3.05, 3.63) is 35.2 Å². The van der Waals surface area contributed by atoms with Crippen LogP contribution in [0.2, 0.25) is 0 Å². The molecule has 0 aliphatic carbocycles. The minimum absolute atomic E-state index is 0.0255. The molecule has 21 heavy (non-hydrogen) atoms. The molecule has 6 nitrogen and oxygen atoms in total. The number of pyridine rings is 1. The molecule has 0 aliphatic rings. The van der Waals surface area contributed by atoms with Crippen LogP contribution in [0.15, 0.2) is 18.3 Å². The van der Waals surface area contributed by atoms with E-state index in [2.05, 4.69) is 10.1 Å². The second-order valence-corrected chi connectivity index (χ2v) is 5.06. The first kappa shape index (κ1) is 14.7. The molecule has 2 N–H and O–H groups in total. The lowest BCUT2D eigenvalue weighted by Gasteiger charge is -2.18. The monoisotopic (exact) mass is 287 g/mol. The zero-order chi connectivity index (χ0) is 15.8. The van der Waals surface area contributed by atoms with E-state index in [1.807, 2.05) is 6.07 Å². The van der Waals surface area contributed by atoms with Crippen molar-refractivity contribution in [1.82, 2.24) is 14.8 Å². The van der Waals surface area contributed by atoms with Gasteiger partial charge in [0, 0.05) is 0 Å². The van der Waals surface area contributed by atoms with Gasteiger partial charge >= 0.3 is 0 Å². The van der Waals surface area contributed by atoms with Crippen molar-refractivity contribution >= 4 is 11.6 Å². The van der Waals surface area contributed by atoms with Gasteiger partial charge in [-0.3, -0.25) is 4.79 Å². The first-order valence-corrected chi connectivity index (χ1v) is 6.21. The largest absolute Gasteiger partial charge is 0.383 e. The minimum Gasteiger partial charge on any atom is -0.383 e. The van der Waals surface area contributed by atoms with Crippen LogP contribution in [-0.2, 0) is 5.67 Å². The predicted octanol–water partition coefficient (Wildman–Crippen LogP) is 2.13. The molecule has 0 spiro atoms. The predicted molar refractivity (Wildman–Crippen MR) is 74.6 cm³/mol. The summed E-state index contributed by atoms with van der Waals surface area (Å²) in [5.41, 5.74) is 4.38. The third kappa shape index (κ3) is 2.60. The van der Waals surface area contributed by atoms with Gasteiger partial charge in [0.05, 0.1) is 23.0 Å². The van der Waals surface area contributed by atoms with Crippen LogP contribution in [-0.4, -0.2) is 20.5 Å². The number of anilines is 1. The topological polar surface area (TPSA) is 97.6 Å². The van der Waals surface area contributed by atoms with Crippen LogP contribution in [0, 0.1) is 11.3 Å². The molecule has 0 saturated carbocycles. The van der Waals surface area contributed by atoms with E-state index in [-0.39, 0.29) is 34.2 Å². The van der Waals surface area contributed by atoms with Crippen molar-refractivity contribution in [3.8, 4) is 11.9 Å². The summed E-state index contributed by atoms with van der Waals surface area (Å²) in [5.74, 6) is -0.0131. The second-order valence-electron chi connectivity index (χ2n) is 5.06. The first-order valence-electron chi connectivity index (χ1n) is 6.21. The fraction of sp³-hybridized carbons (Fsp3) is 0.286. The zero-order valence-corrected chi connectivity index (χ0v) is 11.9. The average Bonchev–Trinajstić information content (AvgIpc) is 2.83. The summed E-state index contributed by atoms with van der Waals surface area (Å²) in [6, 6.07) is 4.87. The lowest BCUT2D eigenvalue weighted by atomic mass is 10.0. The molecule has 108 valence electrons. The Balaban J connectivity index is 2.68. The summed E-state index contributed by atoms with van der Waals surface area (Å²) < 4.78 is 15.7. The van der Waals surface area contributed by atoms with Gasteiger partial charge in [0.1, 0.15) is 17.6 Å². The molecule has 2 aromatic rings. The van der Waals surface area contributed by atoms with Crippen LogP contribution >= 0.6 is 0 Å². The van der Waals surface area contributed by atoms with E-state index < -0.39 is 5.67 Å². The third-order valence-electron chi connectivity index (χ3n) is 2.96. The third-order valence-corrected chi connectivity index (χ3v) is 2.96. The molecule has 7 heteroatoms. The van der Waals surface area contributed by atoms with Crippen molar-refractivity contribution in [2.24, 2.45) is 0 Å². The molecule has 0 fully saturated rings. The van der Waals surface area contributed by atoms with E-state index in [0.717, 1.165) is 0 Å². The van der Waals surface area contributed by atoms with E-state index in [1.54, 1.807) is 0 Å². The van der Waals surface area contributed by atoms with Gasteiger partial charge in [0.2, 0.25) is 0 Å². The van der Waals surface area contributed by atoms with Gasteiger partial charge in [0.15, 0.2) is 11.6 Å². The number of nitrogen functional groups attached to an aromatic ring is 1. The SMILES string of the molecule is CC(=O)c1cnn(-c2ccc(C#N)c(N)n2)c1C(C)(C)F. The van der Waals surface area contributed by atoms with E-state index >= 15 is 0 Å². The Morgan fingerprint density at radius 2 is 2.14 bits per heavy atom. The highest BCUT2D eigenvalue weighted by Crippen LogP contribution is 2.30. The number of nitrogens with zero attached hydrogens (tertiary/aromatic N) is 4. The van der Waals surface area contributed by atoms with Gasteiger partial charge in [0.25, 0.3) is 0 Å². The fourth-order valence-corrected chi connectivity index (χ4v) is 2.03. The molecular formula is C14H14FN5O. The summed E-state index contributed by atoms with van der Waals surface area (Å²) in [5, 5.41) is 12.9. The highest BCUT2D eigenvalue weighted by molar-refractivity contribution is 5.95. The number of nitriles is 1. The second kappa shape index (κ2) is 4.98. The number of carbonyl (C=O) groups is 1. The molecule has 2 heterocycles. The number of aromatic nitrogens is 3. The average molecular weight is 287 g/mol. The van der Waals surface area contributed by atoms with Crippen molar-refractivity contribution in [2.45, 2.75) is 26.4 Å². The molecule has 0 saturated heterocycles. The van der Waals surface area contributed by atoms with E-state index in [1.165, 1.54) is 43.8 Å². The normalized spacial score (nSPS) is 11.2. The van der Waals surface area contributed by atoms with Crippen LogP contribution < -0.4 is 5.73 Å². The molecule has 0 aromatic carbocycles.